The molecule has 1 saturated heterocycles. The van der Waals surface area contributed by atoms with Crippen molar-refractivity contribution in [3.63, 3.8) is 0 Å². The highest BCUT2D eigenvalue weighted by Gasteiger charge is 2.45. The standard InChI is InChI=1S/C21H21N3O4/c1-14(25)22-16-8-6-15(7-9-16)19(26)24-12-10-21(11-13-24)17-4-2-3-5-18(17)23-20(27)28-21/h2-9H,10-13H2,1H3,(H,22,25)(H,23,27). The van der Waals surface area contributed by atoms with Gasteiger partial charge in [0.25, 0.3) is 5.91 Å². The van der Waals surface area contributed by atoms with Crippen LogP contribution in [0.2, 0.25) is 0 Å². The SMILES string of the molecule is CC(=O)Nc1ccc(C(=O)N2CCC3(CC2)OC(=O)Nc2ccccc23)cc1. The van der Waals surface area contributed by atoms with Crippen LogP contribution in [0.25, 0.3) is 0 Å². The minimum absolute atomic E-state index is 0.0715. The third-order valence-electron chi connectivity index (χ3n) is 5.25. The first-order valence-corrected chi connectivity index (χ1v) is 9.23. The molecule has 2 aliphatic heterocycles. The van der Waals surface area contributed by atoms with E-state index in [0.717, 1.165) is 11.3 Å². The van der Waals surface area contributed by atoms with E-state index < -0.39 is 11.7 Å². The molecule has 2 heterocycles. The molecule has 0 bridgehead atoms. The largest absolute Gasteiger partial charge is 0.438 e. The highest BCUT2D eigenvalue weighted by molar-refractivity contribution is 5.95. The second kappa shape index (κ2) is 6.99. The smallest absolute Gasteiger partial charge is 0.412 e. The summed E-state index contributed by atoms with van der Waals surface area (Å²) in [5, 5.41) is 5.42. The second-order valence-electron chi connectivity index (χ2n) is 7.11. The number of anilines is 2. The molecule has 3 amide bonds. The molecule has 2 aliphatic rings. The molecule has 7 heteroatoms. The van der Waals surface area contributed by atoms with Crippen LogP contribution < -0.4 is 10.6 Å². The number of nitrogens with one attached hydrogen (secondary N) is 2. The number of piperidine rings is 1. The number of likely N-dealkylation sites (tertiary alicyclic amines) is 1. The van der Waals surface area contributed by atoms with Gasteiger partial charge in [-0.1, -0.05) is 18.2 Å². The highest BCUT2D eigenvalue weighted by Crippen LogP contribution is 2.43. The molecule has 0 saturated carbocycles. The quantitative estimate of drug-likeness (QED) is 0.838. The fraction of sp³-hybridized carbons (Fsp3) is 0.286. The summed E-state index contributed by atoms with van der Waals surface area (Å²) < 4.78 is 5.70. The van der Waals surface area contributed by atoms with E-state index in [1.165, 1.54) is 6.92 Å². The van der Waals surface area contributed by atoms with Crippen LogP contribution in [-0.4, -0.2) is 35.9 Å². The zero-order chi connectivity index (χ0) is 19.7. The van der Waals surface area contributed by atoms with E-state index in [4.69, 9.17) is 4.74 Å². The zero-order valence-electron chi connectivity index (χ0n) is 15.5. The Kier molecular flexibility index (Phi) is 4.50. The summed E-state index contributed by atoms with van der Waals surface area (Å²) in [7, 11) is 0. The van der Waals surface area contributed by atoms with Crippen LogP contribution in [0.5, 0.6) is 0 Å². The van der Waals surface area contributed by atoms with Crippen molar-refractivity contribution >= 4 is 29.3 Å². The predicted octanol–water partition coefficient (Wildman–Crippen LogP) is 3.34. The molecule has 0 unspecified atom stereocenters. The van der Waals surface area contributed by atoms with Crippen molar-refractivity contribution in [2.45, 2.75) is 25.4 Å². The Morgan fingerprint density at radius 3 is 2.43 bits per heavy atom. The molecule has 7 nitrogen and oxygen atoms in total. The molecule has 2 N–H and O–H groups in total. The van der Waals surface area contributed by atoms with E-state index in [9.17, 15) is 14.4 Å². The van der Waals surface area contributed by atoms with E-state index in [0.29, 0.717) is 37.2 Å². The first-order valence-electron chi connectivity index (χ1n) is 9.23. The number of hydrogen-bond donors (Lipinski definition) is 2. The van der Waals surface area contributed by atoms with Crippen LogP contribution >= 0.6 is 0 Å². The number of ether oxygens (including phenoxy) is 1. The zero-order valence-corrected chi connectivity index (χ0v) is 15.5. The molecule has 0 atom stereocenters. The number of rotatable bonds is 2. The Bertz CT molecular complexity index is 931. The third kappa shape index (κ3) is 3.31. The van der Waals surface area contributed by atoms with Crippen molar-refractivity contribution in [1.82, 2.24) is 4.90 Å². The van der Waals surface area contributed by atoms with Gasteiger partial charge >= 0.3 is 6.09 Å². The van der Waals surface area contributed by atoms with Gasteiger partial charge in [0.05, 0.1) is 5.69 Å². The molecule has 1 spiro atoms. The number of hydrogen-bond acceptors (Lipinski definition) is 4. The van der Waals surface area contributed by atoms with Crippen molar-refractivity contribution in [2.75, 3.05) is 23.7 Å². The lowest BCUT2D eigenvalue weighted by atomic mass is 9.82. The lowest BCUT2D eigenvalue weighted by molar-refractivity contribution is -0.114. The number of nitrogens with zero attached hydrogens (tertiary/aromatic N) is 1. The first kappa shape index (κ1) is 18.0. The monoisotopic (exact) mass is 379 g/mol. The van der Waals surface area contributed by atoms with Gasteiger partial charge in [-0.3, -0.25) is 14.9 Å². The number of fused-ring (bicyclic) bond motifs is 2. The molecule has 0 aromatic heterocycles. The number of carbonyl (C=O) groups excluding carboxylic acids is 3. The highest BCUT2D eigenvalue weighted by atomic mass is 16.6. The Hall–Kier alpha value is -3.35. The Morgan fingerprint density at radius 1 is 1.07 bits per heavy atom. The van der Waals surface area contributed by atoms with Crippen LogP contribution in [0.4, 0.5) is 16.2 Å². The van der Waals surface area contributed by atoms with E-state index in [1.807, 2.05) is 24.3 Å². The minimum atomic E-state index is -0.690. The Labute approximate surface area is 162 Å². The maximum absolute atomic E-state index is 12.8. The molecular weight excluding hydrogens is 358 g/mol. The van der Waals surface area contributed by atoms with E-state index in [1.54, 1.807) is 29.2 Å². The van der Waals surface area contributed by atoms with Gasteiger partial charge in [0.15, 0.2) is 0 Å². The van der Waals surface area contributed by atoms with Crippen molar-refractivity contribution in [1.29, 1.82) is 0 Å². The van der Waals surface area contributed by atoms with Crippen LogP contribution in [0.3, 0.4) is 0 Å². The van der Waals surface area contributed by atoms with E-state index >= 15 is 0 Å². The summed E-state index contributed by atoms with van der Waals surface area (Å²) in [6.07, 6.45) is 0.646. The average Bonchev–Trinajstić information content (AvgIpc) is 2.68. The van der Waals surface area contributed by atoms with Gasteiger partial charge in [-0.25, -0.2) is 4.79 Å². The summed E-state index contributed by atoms with van der Waals surface area (Å²) >= 11 is 0. The predicted molar refractivity (Wildman–Crippen MR) is 104 cm³/mol. The summed E-state index contributed by atoms with van der Waals surface area (Å²) in [5.41, 5.74) is 2.26. The average molecular weight is 379 g/mol. The molecule has 2 aromatic carbocycles. The topological polar surface area (TPSA) is 87.7 Å². The number of para-hydroxylation sites is 1. The Morgan fingerprint density at radius 2 is 1.75 bits per heavy atom. The molecule has 0 aliphatic carbocycles. The molecule has 4 rings (SSSR count). The van der Waals surface area contributed by atoms with Gasteiger partial charge in [0, 0.05) is 49.7 Å². The van der Waals surface area contributed by atoms with Crippen molar-refractivity contribution in [3.05, 3.63) is 59.7 Å². The third-order valence-corrected chi connectivity index (χ3v) is 5.25. The van der Waals surface area contributed by atoms with E-state index in [-0.39, 0.29) is 11.8 Å². The number of benzene rings is 2. The maximum Gasteiger partial charge on any atom is 0.412 e. The Balaban J connectivity index is 1.48. The van der Waals surface area contributed by atoms with Crippen molar-refractivity contribution in [2.24, 2.45) is 0 Å². The van der Waals surface area contributed by atoms with Gasteiger partial charge in [-0.2, -0.15) is 0 Å². The summed E-state index contributed by atoms with van der Waals surface area (Å²) in [5.74, 6) is -0.227. The maximum atomic E-state index is 12.8. The molecule has 144 valence electrons. The van der Waals surface area contributed by atoms with Gasteiger partial charge in [0.2, 0.25) is 5.91 Å². The van der Waals surface area contributed by atoms with Crippen LogP contribution in [0.15, 0.2) is 48.5 Å². The molecule has 0 radical (unpaired) electrons. The van der Waals surface area contributed by atoms with Crippen molar-refractivity contribution < 1.29 is 19.1 Å². The molecule has 28 heavy (non-hydrogen) atoms. The van der Waals surface area contributed by atoms with E-state index in [2.05, 4.69) is 10.6 Å². The van der Waals surface area contributed by atoms with Gasteiger partial charge in [-0.15, -0.1) is 0 Å². The first-order chi connectivity index (χ1) is 13.5. The summed E-state index contributed by atoms with van der Waals surface area (Å²) in [6.45, 7) is 2.43. The molecular formula is C21H21N3O4. The molecule has 1 fully saturated rings. The second-order valence-corrected chi connectivity index (χ2v) is 7.11. The van der Waals surface area contributed by atoms with Crippen LogP contribution in [-0.2, 0) is 15.1 Å². The van der Waals surface area contributed by atoms with Crippen LogP contribution in [0, 0.1) is 0 Å². The fourth-order valence-corrected chi connectivity index (χ4v) is 3.88. The van der Waals surface area contributed by atoms with Gasteiger partial charge in [-0.05, 0) is 30.3 Å². The van der Waals surface area contributed by atoms with Gasteiger partial charge in [0.1, 0.15) is 5.60 Å². The van der Waals surface area contributed by atoms with Crippen molar-refractivity contribution in [3.8, 4) is 0 Å². The lowest BCUT2D eigenvalue weighted by Gasteiger charge is -2.44. The van der Waals surface area contributed by atoms with Gasteiger partial charge < -0.3 is 15.0 Å². The van der Waals surface area contributed by atoms with Crippen LogP contribution in [0.1, 0.15) is 35.7 Å². The number of carbonyl (C=O) groups is 3. The lowest BCUT2D eigenvalue weighted by Crippen LogP contribution is -2.49. The summed E-state index contributed by atoms with van der Waals surface area (Å²) in [4.78, 5) is 37.7. The minimum Gasteiger partial charge on any atom is -0.438 e. The normalized spacial score (nSPS) is 17.3. The fourth-order valence-electron chi connectivity index (χ4n) is 3.88. The summed E-state index contributed by atoms with van der Waals surface area (Å²) in [6, 6.07) is 14.5. The molecule has 2 aromatic rings. The number of amides is 3.